The number of amides is 2. The SMILES string of the molecule is CC(C)(CCO)NC(=O)CCN1CCSC1=O. The van der Waals surface area contributed by atoms with Gasteiger partial charge in [-0.15, -0.1) is 0 Å². The Kier molecular flexibility index (Phi) is 5.27. The molecule has 1 heterocycles. The fourth-order valence-electron chi connectivity index (χ4n) is 1.65. The molecule has 1 fully saturated rings. The molecule has 2 N–H and O–H groups in total. The van der Waals surface area contributed by atoms with Crippen LogP contribution in [0, 0.1) is 0 Å². The van der Waals surface area contributed by atoms with Crippen molar-refractivity contribution in [2.24, 2.45) is 0 Å². The lowest BCUT2D eigenvalue weighted by Gasteiger charge is -2.25. The molecular formula is C11H20N2O3S. The van der Waals surface area contributed by atoms with Crippen LogP contribution in [-0.2, 0) is 4.79 Å². The van der Waals surface area contributed by atoms with Crippen molar-refractivity contribution in [3.63, 3.8) is 0 Å². The van der Waals surface area contributed by atoms with E-state index >= 15 is 0 Å². The van der Waals surface area contributed by atoms with E-state index in [1.807, 2.05) is 13.8 Å². The minimum atomic E-state index is -0.393. The van der Waals surface area contributed by atoms with Crippen LogP contribution in [0.1, 0.15) is 26.7 Å². The van der Waals surface area contributed by atoms with E-state index in [4.69, 9.17) is 5.11 Å². The van der Waals surface area contributed by atoms with Crippen molar-refractivity contribution in [2.75, 3.05) is 25.4 Å². The summed E-state index contributed by atoms with van der Waals surface area (Å²) < 4.78 is 0. The molecule has 0 bridgehead atoms. The smallest absolute Gasteiger partial charge is 0.281 e. The first kappa shape index (κ1) is 14.3. The van der Waals surface area contributed by atoms with Crippen molar-refractivity contribution in [3.8, 4) is 0 Å². The molecule has 0 unspecified atom stereocenters. The van der Waals surface area contributed by atoms with E-state index in [2.05, 4.69) is 5.32 Å². The number of thioether (sulfide) groups is 1. The Morgan fingerprint density at radius 2 is 2.29 bits per heavy atom. The molecule has 1 rings (SSSR count). The Morgan fingerprint density at radius 3 is 2.82 bits per heavy atom. The molecule has 6 heteroatoms. The van der Waals surface area contributed by atoms with Crippen LogP contribution in [0.3, 0.4) is 0 Å². The number of nitrogens with zero attached hydrogens (tertiary/aromatic N) is 1. The summed E-state index contributed by atoms with van der Waals surface area (Å²) in [5, 5.41) is 11.8. The van der Waals surface area contributed by atoms with Crippen molar-refractivity contribution in [2.45, 2.75) is 32.2 Å². The first-order chi connectivity index (χ1) is 7.94. The van der Waals surface area contributed by atoms with Crippen molar-refractivity contribution in [1.82, 2.24) is 10.2 Å². The van der Waals surface area contributed by atoms with Gasteiger partial charge < -0.3 is 15.3 Å². The van der Waals surface area contributed by atoms with Gasteiger partial charge in [-0.2, -0.15) is 0 Å². The van der Waals surface area contributed by atoms with Gasteiger partial charge in [0.25, 0.3) is 5.24 Å². The molecule has 0 atom stereocenters. The maximum absolute atomic E-state index is 11.7. The number of carbonyl (C=O) groups is 2. The topological polar surface area (TPSA) is 69.6 Å². The number of carbonyl (C=O) groups excluding carboxylic acids is 2. The van der Waals surface area contributed by atoms with Crippen molar-refractivity contribution in [1.29, 1.82) is 0 Å². The van der Waals surface area contributed by atoms with E-state index in [-0.39, 0.29) is 17.8 Å². The zero-order valence-electron chi connectivity index (χ0n) is 10.4. The molecule has 0 radical (unpaired) electrons. The fraction of sp³-hybridized carbons (Fsp3) is 0.818. The lowest BCUT2D eigenvalue weighted by Crippen LogP contribution is -2.45. The molecule has 98 valence electrons. The second kappa shape index (κ2) is 6.26. The molecule has 2 amide bonds. The fourth-order valence-corrected chi connectivity index (χ4v) is 2.50. The highest BCUT2D eigenvalue weighted by atomic mass is 32.2. The highest BCUT2D eigenvalue weighted by molar-refractivity contribution is 8.13. The monoisotopic (exact) mass is 260 g/mol. The van der Waals surface area contributed by atoms with E-state index in [0.717, 1.165) is 12.3 Å². The molecule has 1 aliphatic rings. The molecule has 1 saturated heterocycles. The van der Waals surface area contributed by atoms with Gasteiger partial charge in [-0.25, -0.2) is 0 Å². The van der Waals surface area contributed by atoms with Gasteiger partial charge in [0.2, 0.25) is 5.91 Å². The maximum atomic E-state index is 11.7. The third-order valence-corrected chi connectivity index (χ3v) is 3.56. The Morgan fingerprint density at radius 1 is 1.59 bits per heavy atom. The minimum absolute atomic E-state index is 0.0501. The predicted molar refractivity (Wildman–Crippen MR) is 68.0 cm³/mol. The van der Waals surface area contributed by atoms with Gasteiger partial charge in [0.05, 0.1) is 0 Å². The van der Waals surface area contributed by atoms with Crippen molar-refractivity contribution in [3.05, 3.63) is 0 Å². The highest BCUT2D eigenvalue weighted by Gasteiger charge is 2.23. The standard InChI is InChI=1S/C11H20N2O3S/c1-11(2,4-7-14)12-9(15)3-5-13-6-8-17-10(13)16/h14H,3-8H2,1-2H3,(H,12,15). The van der Waals surface area contributed by atoms with Gasteiger partial charge in [-0.05, 0) is 20.3 Å². The van der Waals surface area contributed by atoms with Crippen LogP contribution in [0.4, 0.5) is 4.79 Å². The van der Waals surface area contributed by atoms with Crippen LogP contribution in [0.5, 0.6) is 0 Å². The molecule has 0 aromatic rings. The second-order valence-corrected chi connectivity index (χ2v) is 5.80. The minimum Gasteiger partial charge on any atom is -0.396 e. The normalized spacial score (nSPS) is 16.4. The molecule has 0 spiro atoms. The summed E-state index contributed by atoms with van der Waals surface area (Å²) in [6.45, 7) is 5.01. The Labute approximate surface area is 106 Å². The molecule has 1 aliphatic heterocycles. The van der Waals surface area contributed by atoms with E-state index < -0.39 is 5.54 Å². The van der Waals surface area contributed by atoms with Crippen LogP contribution in [0.2, 0.25) is 0 Å². The second-order valence-electron chi connectivity index (χ2n) is 4.76. The maximum Gasteiger partial charge on any atom is 0.281 e. The molecule has 0 aliphatic carbocycles. The number of aliphatic hydroxyl groups is 1. The summed E-state index contributed by atoms with van der Waals surface area (Å²) in [6, 6.07) is 0. The lowest BCUT2D eigenvalue weighted by atomic mass is 10.0. The first-order valence-electron chi connectivity index (χ1n) is 5.78. The quantitative estimate of drug-likeness (QED) is 0.742. The molecule has 0 aromatic carbocycles. The van der Waals surface area contributed by atoms with Crippen LogP contribution < -0.4 is 5.32 Å². The molecule has 0 aromatic heterocycles. The number of nitrogens with one attached hydrogen (secondary N) is 1. The van der Waals surface area contributed by atoms with E-state index in [0.29, 0.717) is 19.4 Å². The summed E-state index contributed by atoms with van der Waals surface area (Å²) in [5.74, 6) is 0.740. The van der Waals surface area contributed by atoms with Crippen LogP contribution in [0.15, 0.2) is 0 Å². The average molecular weight is 260 g/mol. The summed E-state index contributed by atoms with van der Waals surface area (Å²) in [6.07, 6.45) is 0.846. The van der Waals surface area contributed by atoms with E-state index in [1.54, 1.807) is 4.90 Å². The van der Waals surface area contributed by atoms with E-state index in [9.17, 15) is 9.59 Å². The van der Waals surface area contributed by atoms with Crippen LogP contribution in [0.25, 0.3) is 0 Å². The van der Waals surface area contributed by atoms with Gasteiger partial charge in [0.15, 0.2) is 0 Å². The van der Waals surface area contributed by atoms with Gasteiger partial charge in [-0.1, -0.05) is 11.8 Å². The molecule has 17 heavy (non-hydrogen) atoms. The zero-order chi connectivity index (χ0) is 12.9. The van der Waals surface area contributed by atoms with Crippen LogP contribution in [-0.4, -0.2) is 52.1 Å². The van der Waals surface area contributed by atoms with Crippen molar-refractivity contribution >= 4 is 22.9 Å². The summed E-state index contributed by atoms with van der Waals surface area (Å²) in [4.78, 5) is 24.7. The number of aliphatic hydroxyl groups excluding tert-OH is 1. The third-order valence-electron chi connectivity index (χ3n) is 2.67. The van der Waals surface area contributed by atoms with Crippen LogP contribution >= 0.6 is 11.8 Å². The summed E-state index contributed by atoms with van der Waals surface area (Å²) in [7, 11) is 0. The van der Waals surface area contributed by atoms with Gasteiger partial charge in [-0.3, -0.25) is 9.59 Å². The highest BCUT2D eigenvalue weighted by Crippen LogP contribution is 2.17. The first-order valence-corrected chi connectivity index (χ1v) is 6.77. The third kappa shape index (κ3) is 4.95. The molecule has 0 saturated carbocycles. The van der Waals surface area contributed by atoms with E-state index in [1.165, 1.54) is 11.8 Å². The Balaban J connectivity index is 2.27. The zero-order valence-corrected chi connectivity index (χ0v) is 11.2. The number of rotatable bonds is 6. The Hall–Kier alpha value is -0.750. The molecule has 5 nitrogen and oxygen atoms in total. The number of hydrogen-bond acceptors (Lipinski definition) is 4. The summed E-state index contributed by atoms with van der Waals surface area (Å²) >= 11 is 1.30. The largest absolute Gasteiger partial charge is 0.396 e. The van der Waals surface area contributed by atoms with Gasteiger partial charge in [0.1, 0.15) is 0 Å². The average Bonchev–Trinajstić information content (AvgIpc) is 2.60. The Bertz CT molecular complexity index is 294. The van der Waals surface area contributed by atoms with Gasteiger partial charge >= 0.3 is 0 Å². The lowest BCUT2D eigenvalue weighted by molar-refractivity contribution is -0.123. The predicted octanol–water partition coefficient (Wildman–Crippen LogP) is 0.823. The van der Waals surface area contributed by atoms with Gasteiger partial charge in [0, 0.05) is 37.4 Å². The van der Waals surface area contributed by atoms with Crippen molar-refractivity contribution < 1.29 is 14.7 Å². The summed E-state index contributed by atoms with van der Waals surface area (Å²) in [5.41, 5.74) is -0.393. The number of hydrogen-bond donors (Lipinski definition) is 2. The molecular weight excluding hydrogens is 240 g/mol.